The summed E-state index contributed by atoms with van der Waals surface area (Å²) in [4.78, 5) is 16.3. The van der Waals surface area contributed by atoms with Crippen LogP contribution >= 0.6 is 0 Å². The van der Waals surface area contributed by atoms with E-state index in [1.165, 1.54) is 6.42 Å². The van der Waals surface area contributed by atoms with E-state index in [0.717, 1.165) is 31.4 Å². The van der Waals surface area contributed by atoms with Gasteiger partial charge in [-0.25, -0.2) is 0 Å². The number of nitrogens with zero attached hydrogens (tertiary/aromatic N) is 1. The van der Waals surface area contributed by atoms with Crippen LogP contribution < -0.4 is 5.73 Å². The Labute approximate surface area is 96.1 Å². The molecule has 1 saturated carbocycles. The minimum absolute atomic E-state index is 0.144. The van der Waals surface area contributed by atoms with Crippen molar-refractivity contribution < 1.29 is 4.79 Å². The number of hydrogen-bond donors (Lipinski definition) is 1. The van der Waals surface area contributed by atoms with Crippen molar-refractivity contribution in [3.05, 3.63) is 30.1 Å². The molecule has 1 aromatic rings. The smallest absolute Gasteiger partial charge is 0.158 e. The van der Waals surface area contributed by atoms with Crippen LogP contribution in [0.5, 0.6) is 0 Å². The van der Waals surface area contributed by atoms with Crippen LogP contribution in [0.25, 0.3) is 0 Å². The summed E-state index contributed by atoms with van der Waals surface area (Å²) in [6.45, 7) is 0. The summed E-state index contributed by atoms with van der Waals surface area (Å²) in [7, 11) is 0. The van der Waals surface area contributed by atoms with Crippen LogP contribution in [-0.2, 0) is 11.2 Å². The molecule has 0 bridgehead atoms. The van der Waals surface area contributed by atoms with Gasteiger partial charge in [-0.3, -0.25) is 9.78 Å². The van der Waals surface area contributed by atoms with Crippen molar-refractivity contribution in [2.75, 3.05) is 0 Å². The SMILES string of the molecule is NC1(C(=O)Cc2ccccn2)CCCCC1. The molecule has 1 fully saturated rings. The molecule has 2 N–H and O–H groups in total. The van der Waals surface area contributed by atoms with Crippen LogP contribution in [0.3, 0.4) is 0 Å². The molecule has 1 aromatic heterocycles. The van der Waals surface area contributed by atoms with Crippen molar-refractivity contribution in [3.8, 4) is 0 Å². The Morgan fingerprint density at radius 3 is 2.69 bits per heavy atom. The van der Waals surface area contributed by atoms with Crippen molar-refractivity contribution in [3.63, 3.8) is 0 Å². The second-order valence-corrected chi connectivity index (χ2v) is 4.64. The Kier molecular flexibility index (Phi) is 3.34. The summed E-state index contributed by atoms with van der Waals surface area (Å²) in [5, 5.41) is 0. The first kappa shape index (κ1) is 11.3. The molecule has 0 atom stereocenters. The van der Waals surface area contributed by atoms with Gasteiger partial charge in [0.15, 0.2) is 5.78 Å². The lowest BCUT2D eigenvalue weighted by atomic mass is 9.78. The van der Waals surface area contributed by atoms with Crippen molar-refractivity contribution >= 4 is 5.78 Å². The molecule has 3 nitrogen and oxygen atoms in total. The Hall–Kier alpha value is -1.22. The third kappa shape index (κ3) is 2.47. The van der Waals surface area contributed by atoms with Gasteiger partial charge in [0.05, 0.1) is 12.0 Å². The monoisotopic (exact) mass is 218 g/mol. The number of pyridine rings is 1. The summed E-state index contributed by atoms with van der Waals surface area (Å²) in [5.41, 5.74) is 6.41. The van der Waals surface area contributed by atoms with E-state index < -0.39 is 5.54 Å². The standard InChI is InChI=1S/C13H18N2O/c14-13(7-3-1-4-8-13)12(16)10-11-6-2-5-9-15-11/h2,5-6,9H,1,3-4,7-8,10,14H2. The number of carbonyl (C=O) groups excluding carboxylic acids is 1. The highest BCUT2D eigenvalue weighted by Gasteiger charge is 2.34. The summed E-state index contributed by atoms with van der Waals surface area (Å²) in [5.74, 6) is 0.144. The molecule has 16 heavy (non-hydrogen) atoms. The van der Waals surface area contributed by atoms with Gasteiger partial charge >= 0.3 is 0 Å². The molecule has 0 radical (unpaired) electrons. The molecule has 1 aliphatic carbocycles. The summed E-state index contributed by atoms with van der Waals surface area (Å²) < 4.78 is 0. The number of Topliss-reactive ketones (excluding diaryl/α,β-unsaturated/α-hetero) is 1. The molecule has 86 valence electrons. The maximum atomic E-state index is 12.1. The van der Waals surface area contributed by atoms with Gasteiger partial charge in [0, 0.05) is 11.9 Å². The average Bonchev–Trinajstić information content (AvgIpc) is 2.31. The Bertz CT molecular complexity index is 355. The van der Waals surface area contributed by atoms with Gasteiger partial charge in [0.25, 0.3) is 0 Å². The van der Waals surface area contributed by atoms with E-state index in [1.807, 2.05) is 18.2 Å². The molecule has 0 spiro atoms. The highest BCUT2D eigenvalue weighted by Crippen LogP contribution is 2.27. The first-order valence-corrected chi connectivity index (χ1v) is 5.93. The number of aromatic nitrogens is 1. The molecule has 0 aliphatic heterocycles. The second-order valence-electron chi connectivity index (χ2n) is 4.64. The van der Waals surface area contributed by atoms with Crippen molar-refractivity contribution in [1.29, 1.82) is 0 Å². The summed E-state index contributed by atoms with van der Waals surface area (Å²) in [6, 6.07) is 5.64. The van der Waals surface area contributed by atoms with Gasteiger partial charge in [0.1, 0.15) is 0 Å². The lowest BCUT2D eigenvalue weighted by Gasteiger charge is -2.31. The highest BCUT2D eigenvalue weighted by atomic mass is 16.1. The average molecular weight is 218 g/mol. The number of carbonyl (C=O) groups is 1. The molecular formula is C13H18N2O. The minimum atomic E-state index is -0.588. The lowest BCUT2D eigenvalue weighted by molar-refractivity contribution is -0.124. The van der Waals surface area contributed by atoms with E-state index in [9.17, 15) is 4.79 Å². The van der Waals surface area contributed by atoms with Gasteiger partial charge in [-0.1, -0.05) is 25.3 Å². The number of nitrogens with two attached hydrogens (primary N) is 1. The van der Waals surface area contributed by atoms with Gasteiger partial charge < -0.3 is 5.73 Å². The molecule has 2 rings (SSSR count). The predicted molar refractivity (Wildman–Crippen MR) is 63.0 cm³/mol. The zero-order chi connectivity index (χ0) is 11.4. The van der Waals surface area contributed by atoms with Crippen molar-refractivity contribution in [1.82, 2.24) is 4.98 Å². The van der Waals surface area contributed by atoms with Gasteiger partial charge in [0.2, 0.25) is 0 Å². The van der Waals surface area contributed by atoms with Gasteiger partial charge in [-0.2, -0.15) is 0 Å². The van der Waals surface area contributed by atoms with Crippen molar-refractivity contribution in [2.45, 2.75) is 44.1 Å². The topological polar surface area (TPSA) is 56.0 Å². The summed E-state index contributed by atoms with van der Waals surface area (Å²) in [6.07, 6.45) is 7.10. The van der Waals surface area contributed by atoms with Crippen LogP contribution in [0.1, 0.15) is 37.8 Å². The van der Waals surface area contributed by atoms with E-state index in [0.29, 0.717) is 6.42 Å². The van der Waals surface area contributed by atoms with E-state index in [-0.39, 0.29) is 5.78 Å². The third-order valence-corrected chi connectivity index (χ3v) is 3.37. The molecule has 0 unspecified atom stereocenters. The predicted octanol–water partition coefficient (Wildman–Crippen LogP) is 1.85. The molecular weight excluding hydrogens is 200 g/mol. The molecule has 3 heteroatoms. The quantitative estimate of drug-likeness (QED) is 0.842. The van der Waals surface area contributed by atoms with Gasteiger partial charge in [-0.05, 0) is 25.0 Å². The van der Waals surface area contributed by atoms with E-state index in [2.05, 4.69) is 4.98 Å². The van der Waals surface area contributed by atoms with Crippen LogP contribution in [0.15, 0.2) is 24.4 Å². The first-order chi connectivity index (χ1) is 7.71. The zero-order valence-electron chi connectivity index (χ0n) is 9.48. The van der Waals surface area contributed by atoms with E-state index in [4.69, 9.17) is 5.73 Å². The Balaban J connectivity index is 2.02. The zero-order valence-corrected chi connectivity index (χ0v) is 9.48. The molecule has 0 amide bonds. The summed E-state index contributed by atoms with van der Waals surface area (Å²) >= 11 is 0. The van der Waals surface area contributed by atoms with Crippen LogP contribution in [0.4, 0.5) is 0 Å². The van der Waals surface area contributed by atoms with Crippen LogP contribution in [0, 0.1) is 0 Å². The number of ketones is 1. The number of rotatable bonds is 3. The molecule has 1 aliphatic rings. The molecule has 1 heterocycles. The van der Waals surface area contributed by atoms with Crippen molar-refractivity contribution in [2.24, 2.45) is 5.73 Å². The Morgan fingerprint density at radius 2 is 2.06 bits per heavy atom. The maximum absolute atomic E-state index is 12.1. The van der Waals surface area contributed by atoms with Crippen LogP contribution in [0.2, 0.25) is 0 Å². The van der Waals surface area contributed by atoms with E-state index in [1.54, 1.807) is 6.20 Å². The van der Waals surface area contributed by atoms with Gasteiger partial charge in [-0.15, -0.1) is 0 Å². The fourth-order valence-corrected chi connectivity index (χ4v) is 2.30. The first-order valence-electron chi connectivity index (χ1n) is 5.93. The highest BCUT2D eigenvalue weighted by molar-refractivity contribution is 5.89. The Morgan fingerprint density at radius 1 is 1.31 bits per heavy atom. The minimum Gasteiger partial charge on any atom is -0.319 e. The molecule has 0 aromatic carbocycles. The third-order valence-electron chi connectivity index (χ3n) is 3.37. The second kappa shape index (κ2) is 4.74. The fourth-order valence-electron chi connectivity index (χ4n) is 2.30. The number of hydrogen-bond acceptors (Lipinski definition) is 3. The molecule has 0 saturated heterocycles. The van der Waals surface area contributed by atoms with E-state index >= 15 is 0 Å². The fraction of sp³-hybridized carbons (Fsp3) is 0.538. The normalized spacial score (nSPS) is 19.3. The largest absolute Gasteiger partial charge is 0.319 e. The maximum Gasteiger partial charge on any atom is 0.158 e. The van der Waals surface area contributed by atoms with Crippen LogP contribution in [-0.4, -0.2) is 16.3 Å². The lowest BCUT2D eigenvalue weighted by Crippen LogP contribution is -2.50.